The third kappa shape index (κ3) is 4.85. The van der Waals surface area contributed by atoms with Gasteiger partial charge in [0.1, 0.15) is 11.6 Å². The van der Waals surface area contributed by atoms with Crippen molar-refractivity contribution >= 4 is 18.4 Å². The first kappa shape index (κ1) is 23.1. The molecule has 0 heterocycles. The Bertz CT molecular complexity index is 853. The van der Waals surface area contributed by atoms with Crippen molar-refractivity contribution in [3.8, 4) is 11.1 Å². The van der Waals surface area contributed by atoms with Crippen LogP contribution in [0, 0.1) is 39.3 Å². The minimum Gasteiger partial charge on any atom is -0.466 e. The van der Waals surface area contributed by atoms with E-state index in [4.69, 9.17) is 10.5 Å². The summed E-state index contributed by atoms with van der Waals surface area (Å²) in [5.74, 6) is -1.20. The predicted molar refractivity (Wildman–Crippen MR) is 106 cm³/mol. The first-order valence-corrected chi connectivity index (χ1v) is 8.65. The lowest BCUT2D eigenvalue weighted by Gasteiger charge is -2.18. The fraction of sp³-hybridized carbons (Fsp3) is 0.381. The Balaban J connectivity index is 0.00000364. The van der Waals surface area contributed by atoms with Crippen molar-refractivity contribution in [2.45, 2.75) is 47.1 Å². The van der Waals surface area contributed by atoms with Crippen molar-refractivity contribution in [1.29, 1.82) is 0 Å². The number of rotatable bonds is 5. The number of hydrogen-bond donors (Lipinski definition) is 1. The van der Waals surface area contributed by atoms with Crippen LogP contribution in [0.3, 0.4) is 0 Å². The van der Waals surface area contributed by atoms with Gasteiger partial charge in [0.05, 0.1) is 13.0 Å². The van der Waals surface area contributed by atoms with Crippen molar-refractivity contribution in [3.63, 3.8) is 0 Å². The monoisotopic (exact) mass is 397 g/mol. The minimum atomic E-state index is -0.830. The average Bonchev–Trinajstić information content (AvgIpc) is 2.55. The molecule has 0 aromatic heterocycles. The molecule has 0 radical (unpaired) electrons. The van der Waals surface area contributed by atoms with Gasteiger partial charge in [-0.25, -0.2) is 8.78 Å². The molecule has 0 bridgehead atoms. The second-order valence-electron chi connectivity index (χ2n) is 6.64. The quantitative estimate of drug-likeness (QED) is 0.702. The zero-order valence-corrected chi connectivity index (χ0v) is 17.1. The molecule has 2 N–H and O–H groups in total. The van der Waals surface area contributed by atoms with Gasteiger partial charge in [0.15, 0.2) is 0 Å². The largest absolute Gasteiger partial charge is 0.466 e. The number of benzene rings is 2. The van der Waals surface area contributed by atoms with Crippen LogP contribution in [0.2, 0.25) is 0 Å². The van der Waals surface area contributed by atoms with Crippen LogP contribution in [0.1, 0.15) is 47.2 Å². The van der Waals surface area contributed by atoms with E-state index in [1.54, 1.807) is 45.9 Å². The van der Waals surface area contributed by atoms with E-state index in [1.807, 2.05) is 6.92 Å². The van der Waals surface area contributed by atoms with Crippen molar-refractivity contribution in [2.24, 2.45) is 5.73 Å². The van der Waals surface area contributed by atoms with Gasteiger partial charge in [0.2, 0.25) is 0 Å². The van der Waals surface area contributed by atoms with Crippen molar-refractivity contribution in [3.05, 3.63) is 57.7 Å². The van der Waals surface area contributed by atoms with E-state index < -0.39 is 17.8 Å². The molecular weight excluding hydrogens is 372 g/mol. The number of ether oxygens (including phenoxy) is 1. The summed E-state index contributed by atoms with van der Waals surface area (Å²) in [5.41, 5.74) is 10.1. The fourth-order valence-corrected chi connectivity index (χ4v) is 3.33. The van der Waals surface area contributed by atoms with E-state index in [-0.39, 0.29) is 36.8 Å². The van der Waals surface area contributed by atoms with E-state index in [2.05, 4.69) is 0 Å². The topological polar surface area (TPSA) is 52.3 Å². The molecule has 3 nitrogen and oxygen atoms in total. The maximum atomic E-state index is 14.6. The minimum absolute atomic E-state index is 0. The summed E-state index contributed by atoms with van der Waals surface area (Å²) in [6.45, 7) is 8.90. The highest BCUT2D eigenvalue weighted by Crippen LogP contribution is 2.34. The van der Waals surface area contributed by atoms with E-state index in [0.29, 0.717) is 22.3 Å². The van der Waals surface area contributed by atoms with Crippen molar-refractivity contribution < 1.29 is 18.3 Å². The summed E-state index contributed by atoms with van der Waals surface area (Å²) in [4.78, 5) is 11.7. The molecule has 2 aromatic carbocycles. The van der Waals surface area contributed by atoms with Gasteiger partial charge in [-0.3, -0.25) is 4.79 Å². The summed E-state index contributed by atoms with van der Waals surface area (Å²) >= 11 is 0. The van der Waals surface area contributed by atoms with Crippen LogP contribution < -0.4 is 5.73 Å². The summed E-state index contributed by atoms with van der Waals surface area (Å²) in [6.07, 6.45) is -0.117. The Morgan fingerprint density at radius 1 is 1.04 bits per heavy atom. The molecule has 0 spiro atoms. The van der Waals surface area contributed by atoms with Crippen LogP contribution in [0.4, 0.5) is 8.78 Å². The highest BCUT2D eigenvalue weighted by atomic mass is 35.5. The van der Waals surface area contributed by atoms with Crippen LogP contribution in [0.5, 0.6) is 0 Å². The SMILES string of the molecule is CCOC(=O)C[C@H](N)c1cc(-c2c(C)cc(C)c(F)c2C)cc(C)c1F.Cl. The summed E-state index contributed by atoms with van der Waals surface area (Å²) in [7, 11) is 0. The number of carbonyl (C=O) groups is 1. The Kier molecular flexibility index (Phi) is 7.93. The second-order valence-corrected chi connectivity index (χ2v) is 6.64. The Morgan fingerprint density at radius 3 is 2.22 bits per heavy atom. The van der Waals surface area contributed by atoms with Crippen molar-refractivity contribution in [1.82, 2.24) is 0 Å². The number of nitrogens with two attached hydrogens (primary N) is 1. The van der Waals surface area contributed by atoms with E-state index in [9.17, 15) is 13.6 Å². The number of halogens is 3. The molecule has 148 valence electrons. The van der Waals surface area contributed by atoms with Crippen LogP contribution in [-0.2, 0) is 9.53 Å². The fourth-order valence-electron chi connectivity index (χ4n) is 3.33. The summed E-state index contributed by atoms with van der Waals surface area (Å²) in [6, 6.07) is 4.23. The molecule has 27 heavy (non-hydrogen) atoms. The molecule has 0 saturated carbocycles. The van der Waals surface area contributed by atoms with Gasteiger partial charge in [-0.2, -0.15) is 0 Å². The molecule has 2 aromatic rings. The average molecular weight is 398 g/mol. The summed E-state index contributed by atoms with van der Waals surface area (Å²) < 4.78 is 33.9. The molecule has 0 unspecified atom stereocenters. The van der Waals surface area contributed by atoms with Gasteiger partial charge >= 0.3 is 5.97 Å². The lowest BCUT2D eigenvalue weighted by atomic mass is 9.89. The normalized spacial score (nSPS) is 11.7. The molecule has 0 fully saturated rings. The maximum Gasteiger partial charge on any atom is 0.307 e. The number of hydrogen-bond acceptors (Lipinski definition) is 3. The van der Waals surface area contributed by atoms with E-state index >= 15 is 0 Å². The van der Waals surface area contributed by atoms with Crippen LogP contribution in [0.25, 0.3) is 11.1 Å². The first-order valence-electron chi connectivity index (χ1n) is 8.65. The Hall–Kier alpha value is -1.98. The van der Waals surface area contributed by atoms with Crippen molar-refractivity contribution in [2.75, 3.05) is 6.61 Å². The van der Waals surface area contributed by atoms with Gasteiger partial charge < -0.3 is 10.5 Å². The predicted octanol–water partition coefficient (Wildman–Crippen LogP) is 5.24. The maximum absolute atomic E-state index is 14.6. The smallest absolute Gasteiger partial charge is 0.307 e. The molecule has 0 saturated heterocycles. The Morgan fingerprint density at radius 2 is 1.63 bits per heavy atom. The van der Waals surface area contributed by atoms with Crippen LogP contribution in [0.15, 0.2) is 18.2 Å². The molecule has 6 heteroatoms. The van der Waals surface area contributed by atoms with Crippen LogP contribution in [-0.4, -0.2) is 12.6 Å². The lowest BCUT2D eigenvalue weighted by Crippen LogP contribution is -2.19. The molecule has 0 aliphatic rings. The number of esters is 1. The molecule has 0 aliphatic carbocycles. The third-order valence-electron chi connectivity index (χ3n) is 4.54. The summed E-state index contributed by atoms with van der Waals surface area (Å²) in [5, 5.41) is 0. The Labute approximate surface area is 165 Å². The van der Waals surface area contributed by atoms with Gasteiger partial charge in [-0.05, 0) is 80.1 Å². The second kappa shape index (κ2) is 9.29. The van der Waals surface area contributed by atoms with Gasteiger partial charge in [-0.15, -0.1) is 12.4 Å². The number of carbonyl (C=O) groups excluding carboxylic acids is 1. The molecule has 0 aliphatic heterocycles. The van der Waals surface area contributed by atoms with Crippen LogP contribution >= 0.6 is 12.4 Å². The van der Waals surface area contributed by atoms with Gasteiger partial charge in [0, 0.05) is 11.6 Å². The zero-order chi connectivity index (χ0) is 19.6. The zero-order valence-electron chi connectivity index (χ0n) is 16.3. The van der Waals surface area contributed by atoms with Gasteiger partial charge in [-0.1, -0.05) is 6.07 Å². The molecule has 0 amide bonds. The highest BCUT2D eigenvalue weighted by molar-refractivity contribution is 5.85. The molecule has 1 atom stereocenters. The van der Waals surface area contributed by atoms with E-state index in [0.717, 1.165) is 11.1 Å². The third-order valence-corrected chi connectivity index (χ3v) is 4.54. The lowest BCUT2D eigenvalue weighted by molar-refractivity contribution is -0.143. The first-order chi connectivity index (χ1) is 12.2. The van der Waals surface area contributed by atoms with E-state index in [1.165, 1.54) is 0 Å². The standard InChI is InChI=1S/C21H25F2NO2.ClH/c1-6-26-18(25)10-17(24)16-9-15(8-13(4)21(16)23)19-11(2)7-12(3)20(22)14(19)5;/h7-9,17H,6,10,24H2,1-5H3;1H/t17-;/m0./s1. The molecular formula is C21H26ClF2NO2. The number of aryl methyl sites for hydroxylation is 3. The van der Waals surface area contributed by atoms with Gasteiger partial charge in [0.25, 0.3) is 0 Å². The molecule has 2 rings (SSSR count). The highest BCUT2D eigenvalue weighted by Gasteiger charge is 2.21.